The molecule has 2 aromatic rings. The van der Waals surface area contributed by atoms with Crippen molar-refractivity contribution in [3.8, 4) is 11.5 Å². The number of carbonyl (C=O) groups is 2. The molecule has 0 aromatic heterocycles. The van der Waals surface area contributed by atoms with Crippen molar-refractivity contribution < 1.29 is 24.0 Å². The summed E-state index contributed by atoms with van der Waals surface area (Å²) in [5.41, 5.74) is 0.111. The molecular weight excluding hydrogens is 450 g/mol. The molecule has 2 rings (SSSR count). The van der Waals surface area contributed by atoms with Crippen LogP contribution in [0.5, 0.6) is 11.5 Å². The van der Waals surface area contributed by atoms with Crippen molar-refractivity contribution >= 4 is 29.1 Å². The number of amides is 2. The highest BCUT2D eigenvalue weighted by atomic mass is 35.5. The van der Waals surface area contributed by atoms with Gasteiger partial charge in [-0.1, -0.05) is 23.7 Å². The maximum absolute atomic E-state index is 13.1. The second-order valence-corrected chi connectivity index (χ2v) is 8.88. The Hall–Kier alpha value is -3.33. The van der Waals surface area contributed by atoms with E-state index in [0.29, 0.717) is 5.02 Å². The maximum Gasteiger partial charge on any atom is 0.311 e. The molecule has 0 saturated heterocycles. The van der Waals surface area contributed by atoms with Gasteiger partial charge in [0.15, 0.2) is 6.61 Å². The molecule has 0 radical (unpaired) electrons. The number of hydrogen-bond donors (Lipinski definition) is 1. The number of nitro benzene ring substituents is 1. The van der Waals surface area contributed by atoms with Crippen molar-refractivity contribution in [2.24, 2.45) is 0 Å². The number of carbonyl (C=O) groups excluding carboxylic acids is 2. The monoisotopic (exact) mass is 477 g/mol. The van der Waals surface area contributed by atoms with E-state index in [1.807, 2.05) is 20.8 Å². The van der Waals surface area contributed by atoms with Gasteiger partial charge >= 0.3 is 5.69 Å². The first-order chi connectivity index (χ1) is 15.4. The van der Waals surface area contributed by atoms with Gasteiger partial charge in [0, 0.05) is 29.2 Å². The lowest BCUT2D eigenvalue weighted by atomic mass is 10.1. The van der Waals surface area contributed by atoms with Crippen LogP contribution in [0.4, 0.5) is 5.69 Å². The van der Waals surface area contributed by atoms with Gasteiger partial charge < -0.3 is 19.7 Å². The van der Waals surface area contributed by atoms with E-state index in [4.69, 9.17) is 21.1 Å². The average Bonchev–Trinajstić information content (AvgIpc) is 2.75. The Labute approximate surface area is 197 Å². The van der Waals surface area contributed by atoms with Gasteiger partial charge in [0.05, 0.1) is 12.0 Å². The first-order valence-corrected chi connectivity index (χ1v) is 10.6. The van der Waals surface area contributed by atoms with Crippen molar-refractivity contribution in [2.75, 3.05) is 13.7 Å². The molecule has 2 amide bonds. The summed E-state index contributed by atoms with van der Waals surface area (Å²) in [6, 6.07) is 10.2. The van der Waals surface area contributed by atoms with E-state index in [1.54, 1.807) is 31.2 Å². The molecule has 178 valence electrons. The van der Waals surface area contributed by atoms with Crippen LogP contribution in [0.25, 0.3) is 0 Å². The van der Waals surface area contributed by atoms with E-state index in [-0.39, 0.29) is 36.2 Å². The predicted molar refractivity (Wildman–Crippen MR) is 125 cm³/mol. The summed E-state index contributed by atoms with van der Waals surface area (Å²) in [7, 11) is 1.31. The molecular formula is C23H28ClN3O6. The molecule has 0 aliphatic carbocycles. The number of nitrogens with zero attached hydrogens (tertiary/aromatic N) is 2. The van der Waals surface area contributed by atoms with Gasteiger partial charge in [0.2, 0.25) is 11.7 Å². The zero-order chi connectivity index (χ0) is 24.8. The fourth-order valence-corrected chi connectivity index (χ4v) is 3.10. The van der Waals surface area contributed by atoms with Crippen molar-refractivity contribution in [3.63, 3.8) is 0 Å². The van der Waals surface area contributed by atoms with Crippen LogP contribution in [-0.4, -0.2) is 46.9 Å². The standard InChI is InChI=1S/C23H28ClN3O6/c1-15(22(29)25-23(2,3)4)26(13-16-6-8-17(24)9-7-16)21(28)14-33-18-10-11-19(27(30)31)20(12-18)32-5/h6-12,15H,13-14H2,1-5H3,(H,25,29)/t15-/m0/s1. The quantitative estimate of drug-likeness (QED) is 0.432. The minimum atomic E-state index is -0.776. The Bertz CT molecular complexity index is 1000. The molecule has 33 heavy (non-hydrogen) atoms. The number of nitrogens with one attached hydrogen (secondary N) is 1. The van der Waals surface area contributed by atoms with Crippen LogP contribution < -0.4 is 14.8 Å². The molecule has 0 aliphatic heterocycles. The second kappa shape index (κ2) is 11.0. The fourth-order valence-electron chi connectivity index (χ4n) is 2.97. The van der Waals surface area contributed by atoms with Crippen LogP contribution >= 0.6 is 11.6 Å². The van der Waals surface area contributed by atoms with Crippen molar-refractivity contribution in [2.45, 2.75) is 45.8 Å². The minimum Gasteiger partial charge on any atom is -0.490 e. The van der Waals surface area contributed by atoms with E-state index in [0.717, 1.165) is 5.56 Å². The topological polar surface area (TPSA) is 111 Å². The van der Waals surface area contributed by atoms with E-state index in [9.17, 15) is 19.7 Å². The van der Waals surface area contributed by atoms with Gasteiger partial charge in [-0.3, -0.25) is 19.7 Å². The highest BCUT2D eigenvalue weighted by Gasteiger charge is 2.29. The molecule has 0 heterocycles. The third-order valence-electron chi connectivity index (χ3n) is 4.64. The average molecular weight is 478 g/mol. The first kappa shape index (κ1) is 25.9. The van der Waals surface area contributed by atoms with Crippen LogP contribution in [-0.2, 0) is 16.1 Å². The summed E-state index contributed by atoms with van der Waals surface area (Å²) in [5, 5.41) is 14.5. The fraction of sp³-hybridized carbons (Fsp3) is 0.391. The lowest BCUT2D eigenvalue weighted by Crippen LogP contribution is -2.53. The van der Waals surface area contributed by atoms with Crippen LogP contribution in [0.15, 0.2) is 42.5 Å². The van der Waals surface area contributed by atoms with Crippen LogP contribution in [0.3, 0.4) is 0 Å². The summed E-state index contributed by atoms with van der Waals surface area (Å²) >= 11 is 5.95. The van der Waals surface area contributed by atoms with Gasteiger partial charge in [-0.05, 0) is 51.5 Å². The molecule has 0 bridgehead atoms. The lowest BCUT2D eigenvalue weighted by Gasteiger charge is -2.31. The lowest BCUT2D eigenvalue weighted by molar-refractivity contribution is -0.385. The minimum absolute atomic E-state index is 0.0147. The van der Waals surface area contributed by atoms with Crippen molar-refractivity contribution in [1.29, 1.82) is 0 Å². The summed E-state index contributed by atoms with van der Waals surface area (Å²) < 4.78 is 10.6. The third kappa shape index (κ3) is 7.64. The van der Waals surface area contributed by atoms with Crippen LogP contribution in [0, 0.1) is 10.1 Å². The molecule has 0 aliphatic rings. The van der Waals surface area contributed by atoms with Gasteiger partial charge in [-0.25, -0.2) is 0 Å². The number of benzene rings is 2. The van der Waals surface area contributed by atoms with Crippen molar-refractivity contribution in [3.05, 3.63) is 63.2 Å². The summed E-state index contributed by atoms with van der Waals surface area (Å²) in [6.45, 7) is 7.00. The first-order valence-electron chi connectivity index (χ1n) is 10.2. The maximum atomic E-state index is 13.1. The summed E-state index contributed by atoms with van der Waals surface area (Å²) in [6.07, 6.45) is 0. The SMILES string of the molecule is COc1cc(OCC(=O)N(Cc2ccc(Cl)cc2)[C@@H](C)C(=O)NC(C)(C)C)ccc1[N+](=O)[O-]. The van der Waals surface area contributed by atoms with E-state index >= 15 is 0 Å². The number of rotatable bonds is 9. The van der Waals surface area contributed by atoms with Gasteiger partial charge in [-0.2, -0.15) is 0 Å². The Morgan fingerprint density at radius 2 is 1.82 bits per heavy atom. The third-order valence-corrected chi connectivity index (χ3v) is 4.89. The second-order valence-electron chi connectivity index (χ2n) is 8.44. The number of ether oxygens (including phenoxy) is 2. The molecule has 1 atom stereocenters. The smallest absolute Gasteiger partial charge is 0.311 e. The van der Waals surface area contributed by atoms with E-state index < -0.39 is 22.4 Å². The molecule has 1 N–H and O–H groups in total. The summed E-state index contributed by atoms with van der Waals surface area (Å²) in [4.78, 5) is 37.7. The van der Waals surface area contributed by atoms with E-state index in [1.165, 1.54) is 30.2 Å². The van der Waals surface area contributed by atoms with Gasteiger partial charge in [0.25, 0.3) is 5.91 Å². The number of methoxy groups -OCH3 is 1. The normalized spacial score (nSPS) is 11.9. The molecule has 0 unspecified atom stereocenters. The Morgan fingerprint density at radius 3 is 2.36 bits per heavy atom. The number of hydrogen-bond acceptors (Lipinski definition) is 6. The van der Waals surface area contributed by atoms with Crippen LogP contribution in [0.1, 0.15) is 33.3 Å². The Morgan fingerprint density at radius 1 is 1.18 bits per heavy atom. The zero-order valence-corrected chi connectivity index (χ0v) is 20.0. The summed E-state index contributed by atoms with van der Waals surface area (Å²) in [5.74, 6) is -0.495. The van der Waals surface area contributed by atoms with Crippen LogP contribution in [0.2, 0.25) is 5.02 Å². The number of halogens is 1. The molecule has 9 nitrogen and oxygen atoms in total. The van der Waals surface area contributed by atoms with E-state index in [2.05, 4.69) is 5.32 Å². The Balaban J connectivity index is 2.21. The molecule has 0 saturated carbocycles. The molecule has 0 spiro atoms. The predicted octanol–water partition coefficient (Wildman–Crippen LogP) is 3.97. The molecule has 10 heteroatoms. The highest BCUT2D eigenvalue weighted by molar-refractivity contribution is 6.30. The van der Waals surface area contributed by atoms with Crippen molar-refractivity contribution in [1.82, 2.24) is 10.2 Å². The largest absolute Gasteiger partial charge is 0.490 e. The number of nitro groups is 1. The molecule has 2 aromatic carbocycles. The molecule has 0 fully saturated rings. The van der Waals surface area contributed by atoms with Gasteiger partial charge in [-0.15, -0.1) is 0 Å². The zero-order valence-electron chi connectivity index (χ0n) is 19.3. The Kier molecular flexibility index (Phi) is 8.64. The van der Waals surface area contributed by atoms with Gasteiger partial charge in [0.1, 0.15) is 11.8 Å². The highest BCUT2D eigenvalue weighted by Crippen LogP contribution is 2.30.